The summed E-state index contributed by atoms with van der Waals surface area (Å²) < 4.78 is 20.7. The van der Waals surface area contributed by atoms with E-state index >= 15 is 0 Å². The van der Waals surface area contributed by atoms with Gasteiger partial charge in [-0.15, -0.1) is 0 Å². The second-order valence-corrected chi connectivity index (χ2v) is 7.96. The molecule has 0 fully saturated rings. The fourth-order valence-electron chi connectivity index (χ4n) is 3.70. The maximum atomic E-state index is 14.9. The fraction of sp³-hybridized carbons (Fsp3) is 0.192. The third-order valence-corrected chi connectivity index (χ3v) is 5.46. The van der Waals surface area contributed by atoms with Gasteiger partial charge in [0.05, 0.1) is 17.4 Å². The Labute approximate surface area is 195 Å². The zero-order chi connectivity index (χ0) is 24.2. The quantitative estimate of drug-likeness (QED) is 0.380. The Morgan fingerprint density at radius 3 is 2.74 bits per heavy atom. The van der Waals surface area contributed by atoms with Gasteiger partial charge >= 0.3 is 0 Å². The van der Waals surface area contributed by atoms with E-state index in [4.69, 9.17) is 10.5 Å². The zero-order valence-electron chi connectivity index (χ0n) is 18.9. The number of carbonyl (C=O) groups excluding carboxylic acids is 1. The van der Waals surface area contributed by atoms with Gasteiger partial charge in [-0.3, -0.25) is 14.6 Å². The topological polar surface area (TPSA) is 110 Å². The molecule has 8 heteroatoms. The average Bonchev–Trinajstić information content (AvgIpc) is 2.83. The van der Waals surface area contributed by atoms with Crippen LogP contribution in [0.1, 0.15) is 35.0 Å². The molecule has 0 aliphatic carbocycles. The molecule has 4 rings (SSSR count). The lowest BCUT2D eigenvalue weighted by Gasteiger charge is -2.13. The Morgan fingerprint density at radius 1 is 1.18 bits per heavy atom. The average molecular weight is 461 g/mol. The number of aromatic nitrogens is 2. The van der Waals surface area contributed by atoms with Crippen molar-refractivity contribution in [3.8, 4) is 16.9 Å². The molecule has 0 atom stereocenters. The summed E-state index contributed by atoms with van der Waals surface area (Å²) in [6, 6.07) is 13.4. The van der Waals surface area contributed by atoms with E-state index in [0.29, 0.717) is 28.8 Å². The summed E-state index contributed by atoms with van der Waals surface area (Å²) in [6.07, 6.45) is 2.35. The van der Waals surface area contributed by atoms with Crippen molar-refractivity contribution in [3.05, 3.63) is 87.7 Å². The van der Waals surface area contributed by atoms with Crippen LogP contribution in [0, 0.1) is 12.7 Å². The summed E-state index contributed by atoms with van der Waals surface area (Å²) in [7, 11) is 0. The monoisotopic (exact) mass is 460 g/mol. The number of carbonyl (C=O) groups is 1. The highest BCUT2D eigenvalue weighted by molar-refractivity contribution is 6.08. The van der Waals surface area contributed by atoms with Crippen molar-refractivity contribution in [1.82, 2.24) is 15.3 Å². The summed E-state index contributed by atoms with van der Waals surface area (Å²) in [5, 5.41) is 3.13. The molecule has 0 aliphatic heterocycles. The van der Waals surface area contributed by atoms with Crippen molar-refractivity contribution in [2.45, 2.75) is 26.9 Å². The molecule has 2 aromatic heterocycles. The molecule has 0 saturated carbocycles. The minimum absolute atomic E-state index is 0.0565. The Hall–Kier alpha value is -4.20. The van der Waals surface area contributed by atoms with Crippen LogP contribution in [0.15, 0.2) is 59.5 Å². The molecule has 2 heterocycles. The number of benzene rings is 2. The standard InChI is InChI=1S/C26H25FN4O3/c1-3-11-29-25(32)22-23(28)19-6-4-5-18(24(19)31-26(22)33)20-12-16(8-10-21(20)27)14-34-17-9-7-15(2)30-13-17/h4-10,12-13H,3,11,14H2,1-2H3,(H,29,32)(H3,28,31,33). The number of nitrogen functional groups attached to an aromatic ring is 1. The maximum Gasteiger partial charge on any atom is 0.263 e. The number of nitrogens with zero attached hydrogens (tertiary/aromatic N) is 1. The van der Waals surface area contributed by atoms with Gasteiger partial charge in [0.1, 0.15) is 23.7 Å². The summed E-state index contributed by atoms with van der Waals surface area (Å²) in [4.78, 5) is 32.2. The van der Waals surface area contributed by atoms with E-state index in [0.717, 1.165) is 17.7 Å². The van der Waals surface area contributed by atoms with Crippen molar-refractivity contribution in [2.24, 2.45) is 0 Å². The molecule has 0 saturated heterocycles. The van der Waals surface area contributed by atoms with Gasteiger partial charge < -0.3 is 20.8 Å². The van der Waals surface area contributed by atoms with E-state index in [1.165, 1.54) is 6.07 Å². The number of rotatable bonds is 7. The highest BCUT2D eigenvalue weighted by atomic mass is 19.1. The molecule has 0 radical (unpaired) electrons. The first kappa shape index (κ1) is 23.0. The first-order chi connectivity index (χ1) is 16.4. The van der Waals surface area contributed by atoms with Crippen LogP contribution in [0.25, 0.3) is 22.0 Å². The predicted octanol–water partition coefficient (Wildman–Crippen LogP) is 4.34. The SMILES string of the molecule is CCCNC(=O)c1c(N)c2cccc(-c3cc(COc4ccc(C)nc4)ccc3F)c2[nH]c1=O. The van der Waals surface area contributed by atoms with E-state index < -0.39 is 17.3 Å². The van der Waals surface area contributed by atoms with Crippen LogP contribution < -0.4 is 21.3 Å². The van der Waals surface area contributed by atoms with Gasteiger partial charge in [0.25, 0.3) is 11.5 Å². The summed E-state index contributed by atoms with van der Waals surface area (Å²) in [5.41, 5.74) is 8.23. The highest BCUT2D eigenvalue weighted by Gasteiger charge is 2.19. The molecule has 0 bridgehead atoms. The summed E-state index contributed by atoms with van der Waals surface area (Å²) >= 11 is 0. The molecule has 34 heavy (non-hydrogen) atoms. The third-order valence-electron chi connectivity index (χ3n) is 5.46. The molecule has 2 aromatic carbocycles. The molecule has 7 nitrogen and oxygen atoms in total. The number of anilines is 1. The number of hydrogen-bond acceptors (Lipinski definition) is 5. The second kappa shape index (κ2) is 9.74. The van der Waals surface area contributed by atoms with Crippen LogP contribution in [0.2, 0.25) is 0 Å². The van der Waals surface area contributed by atoms with E-state index in [-0.39, 0.29) is 23.4 Å². The Bertz CT molecular complexity index is 1410. The van der Waals surface area contributed by atoms with E-state index in [9.17, 15) is 14.0 Å². The fourth-order valence-corrected chi connectivity index (χ4v) is 3.70. The van der Waals surface area contributed by atoms with Gasteiger partial charge in [0.2, 0.25) is 0 Å². The molecule has 0 aliphatic rings. The largest absolute Gasteiger partial charge is 0.487 e. The third kappa shape index (κ3) is 4.61. The molecule has 4 N–H and O–H groups in total. The van der Waals surface area contributed by atoms with Gasteiger partial charge in [-0.25, -0.2) is 4.39 Å². The Balaban J connectivity index is 1.73. The first-order valence-electron chi connectivity index (χ1n) is 11.0. The number of aromatic amines is 1. The minimum atomic E-state index is -0.627. The lowest BCUT2D eigenvalue weighted by atomic mass is 9.98. The molecular weight excluding hydrogens is 435 g/mol. The van der Waals surface area contributed by atoms with Crippen LogP contribution in [0.4, 0.5) is 10.1 Å². The lowest BCUT2D eigenvalue weighted by molar-refractivity contribution is 0.0953. The molecule has 0 unspecified atom stereocenters. The molecule has 0 spiro atoms. The van der Waals surface area contributed by atoms with Crippen molar-refractivity contribution >= 4 is 22.5 Å². The van der Waals surface area contributed by atoms with Gasteiger partial charge in [-0.05, 0) is 43.2 Å². The van der Waals surface area contributed by atoms with Crippen LogP contribution >= 0.6 is 0 Å². The van der Waals surface area contributed by atoms with Crippen LogP contribution in [0.3, 0.4) is 0 Å². The number of pyridine rings is 2. The highest BCUT2D eigenvalue weighted by Crippen LogP contribution is 2.32. The maximum absolute atomic E-state index is 14.9. The molecule has 174 valence electrons. The zero-order valence-corrected chi connectivity index (χ0v) is 18.9. The van der Waals surface area contributed by atoms with Crippen molar-refractivity contribution < 1.29 is 13.9 Å². The number of para-hydroxylation sites is 1. The van der Waals surface area contributed by atoms with Crippen molar-refractivity contribution in [2.75, 3.05) is 12.3 Å². The van der Waals surface area contributed by atoms with Crippen LogP contribution in [0.5, 0.6) is 5.75 Å². The molecule has 1 amide bonds. The lowest BCUT2D eigenvalue weighted by Crippen LogP contribution is -2.31. The van der Waals surface area contributed by atoms with E-state index in [1.54, 1.807) is 36.5 Å². The van der Waals surface area contributed by atoms with Crippen molar-refractivity contribution in [1.29, 1.82) is 0 Å². The molecular formula is C26H25FN4O3. The Kier molecular flexibility index (Phi) is 6.58. The normalized spacial score (nSPS) is 10.9. The number of hydrogen-bond donors (Lipinski definition) is 3. The van der Waals surface area contributed by atoms with Gasteiger partial charge in [0.15, 0.2) is 0 Å². The van der Waals surface area contributed by atoms with Gasteiger partial charge in [-0.1, -0.05) is 31.2 Å². The van der Waals surface area contributed by atoms with Gasteiger partial charge in [-0.2, -0.15) is 0 Å². The number of H-pyrrole nitrogens is 1. The number of halogens is 1. The number of ether oxygens (including phenoxy) is 1. The second-order valence-electron chi connectivity index (χ2n) is 7.96. The number of fused-ring (bicyclic) bond motifs is 1. The number of nitrogens with one attached hydrogen (secondary N) is 2. The smallest absolute Gasteiger partial charge is 0.263 e. The van der Waals surface area contributed by atoms with Crippen molar-refractivity contribution in [3.63, 3.8) is 0 Å². The van der Waals surface area contributed by atoms with Gasteiger partial charge in [0, 0.05) is 28.8 Å². The summed E-state index contributed by atoms with van der Waals surface area (Å²) in [6.45, 7) is 4.43. The van der Waals surface area contributed by atoms with E-state index in [1.807, 2.05) is 26.0 Å². The Morgan fingerprint density at radius 2 is 2.00 bits per heavy atom. The van der Waals surface area contributed by atoms with E-state index in [2.05, 4.69) is 15.3 Å². The molecule has 4 aromatic rings. The number of amides is 1. The first-order valence-corrected chi connectivity index (χ1v) is 11.0. The summed E-state index contributed by atoms with van der Waals surface area (Å²) in [5.74, 6) is -0.395. The van der Waals surface area contributed by atoms with Crippen LogP contribution in [-0.4, -0.2) is 22.4 Å². The van der Waals surface area contributed by atoms with Crippen LogP contribution in [-0.2, 0) is 6.61 Å². The minimum Gasteiger partial charge on any atom is -0.487 e. The predicted molar refractivity (Wildman–Crippen MR) is 130 cm³/mol. The number of aryl methyl sites for hydroxylation is 1. The number of nitrogens with two attached hydrogens (primary N) is 1.